The summed E-state index contributed by atoms with van der Waals surface area (Å²) in [6.07, 6.45) is 2.75. The van der Waals surface area contributed by atoms with Gasteiger partial charge in [0.05, 0.1) is 178 Å². The minimum atomic E-state index is -0.310. The van der Waals surface area contributed by atoms with Crippen LogP contribution in [0.1, 0.15) is 13.3 Å². The summed E-state index contributed by atoms with van der Waals surface area (Å²) in [7, 11) is 0. The van der Waals surface area contributed by atoms with E-state index in [-0.39, 0.29) is 37.4 Å². The van der Waals surface area contributed by atoms with E-state index in [1.165, 1.54) is 12.2 Å². The molecule has 0 bridgehead atoms. The topological polar surface area (TPSA) is 174 Å². The molecule has 1 heterocycles. The van der Waals surface area contributed by atoms with E-state index in [1.54, 1.807) is 6.92 Å². The number of nitrogens with zero attached hydrogens (tertiary/aromatic N) is 1. The van der Waals surface area contributed by atoms with Crippen molar-refractivity contribution < 1.29 is 76.0 Å². The summed E-state index contributed by atoms with van der Waals surface area (Å²) in [4.78, 5) is 35.1. The zero-order chi connectivity index (χ0) is 36.0. The van der Waals surface area contributed by atoms with E-state index in [1.807, 2.05) is 0 Å². The highest BCUT2D eigenvalue weighted by Crippen LogP contribution is 2.02. The average molecular weight is 726 g/mol. The summed E-state index contributed by atoms with van der Waals surface area (Å²) in [5, 5.41) is 0. The van der Waals surface area contributed by atoms with Gasteiger partial charge in [-0.1, -0.05) is 0 Å². The van der Waals surface area contributed by atoms with Crippen molar-refractivity contribution in [1.82, 2.24) is 4.90 Å². The van der Waals surface area contributed by atoms with Crippen LogP contribution in [0.2, 0.25) is 0 Å². The fraction of sp³-hybridized carbons (Fsp3) is 0.848. The van der Waals surface area contributed by atoms with Crippen LogP contribution in [0.15, 0.2) is 12.2 Å². The number of carbonyl (C=O) groups is 3. The molecule has 0 aliphatic carbocycles. The Bertz CT molecular complexity index is 816. The number of ether oxygens (including phenoxy) is 13. The quantitative estimate of drug-likeness (QED) is 0.0471. The molecule has 0 aromatic carbocycles. The zero-order valence-electron chi connectivity index (χ0n) is 29.7. The Morgan fingerprint density at radius 3 is 0.920 bits per heavy atom. The average Bonchev–Trinajstić information content (AvgIpc) is 3.43. The van der Waals surface area contributed by atoms with Gasteiger partial charge in [-0.25, -0.2) is 0 Å². The molecule has 17 nitrogen and oxygen atoms in total. The Labute approximate surface area is 295 Å². The Hall–Kier alpha value is -2.13. The van der Waals surface area contributed by atoms with Crippen molar-refractivity contribution in [3.05, 3.63) is 12.2 Å². The van der Waals surface area contributed by atoms with Crippen LogP contribution in [0.5, 0.6) is 0 Å². The van der Waals surface area contributed by atoms with Crippen LogP contribution in [0.4, 0.5) is 0 Å². The van der Waals surface area contributed by atoms with Crippen LogP contribution >= 0.6 is 0 Å². The van der Waals surface area contributed by atoms with Gasteiger partial charge in [0, 0.05) is 12.2 Å². The van der Waals surface area contributed by atoms with Gasteiger partial charge in [-0.15, -0.1) is 0 Å². The molecule has 0 aromatic rings. The Balaban J connectivity index is 1.62. The molecule has 1 aliphatic rings. The van der Waals surface area contributed by atoms with E-state index in [4.69, 9.17) is 61.6 Å². The molecule has 0 aromatic heterocycles. The maximum absolute atomic E-state index is 11.4. The molecule has 2 amide bonds. The maximum Gasteiger partial charge on any atom is 0.308 e. The van der Waals surface area contributed by atoms with Gasteiger partial charge in [-0.05, 0) is 6.92 Å². The second-order valence-electron chi connectivity index (χ2n) is 10.1. The molecule has 17 heteroatoms. The molecule has 1 aliphatic heterocycles. The fourth-order valence-corrected chi connectivity index (χ4v) is 3.72. The van der Waals surface area contributed by atoms with Gasteiger partial charge in [-0.3, -0.25) is 19.3 Å². The summed E-state index contributed by atoms with van der Waals surface area (Å²) in [6, 6.07) is 0. The first-order valence-corrected chi connectivity index (χ1v) is 17.3. The van der Waals surface area contributed by atoms with Crippen LogP contribution < -0.4 is 0 Å². The second kappa shape index (κ2) is 36.7. The van der Waals surface area contributed by atoms with Crippen LogP contribution in [0.25, 0.3) is 0 Å². The summed E-state index contributed by atoms with van der Waals surface area (Å²) in [6.45, 7) is 13.1. The van der Waals surface area contributed by atoms with E-state index in [2.05, 4.69) is 0 Å². The normalized spacial score (nSPS) is 12.9. The van der Waals surface area contributed by atoms with E-state index < -0.39 is 0 Å². The van der Waals surface area contributed by atoms with Crippen molar-refractivity contribution in [3.8, 4) is 0 Å². The highest BCUT2D eigenvalue weighted by molar-refractivity contribution is 6.12. The Morgan fingerprint density at radius 2 is 0.660 bits per heavy atom. The summed E-state index contributed by atoms with van der Waals surface area (Å²) < 4.78 is 69.9. The van der Waals surface area contributed by atoms with Crippen molar-refractivity contribution in [1.29, 1.82) is 0 Å². The highest BCUT2D eigenvalue weighted by atomic mass is 16.6. The van der Waals surface area contributed by atoms with Gasteiger partial charge in [0.1, 0.15) is 0 Å². The standard InChI is InChI=1S/C33H59NO16/c1-2-50-33(37)5-7-38-9-11-40-13-15-42-17-19-44-21-23-46-25-27-48-29-30-49-28-26-47-24-22-45-20-18-43-16-14-41-12-10-39-8-6-34-31(35)3-4-32(34)36/h3-4H,2,5-30H2,1H3. The number of imide groups is 1. The Kier molecular flexibility index (Phi) is 33.6. The molecule has 0 saturated carbocycles. The third-order valence-corrected chi connectivity index (χ3v) is 6.21. The highest BCUT2D eigenvalue weighted by Gasteiger charge is 2.22. The molecule has 0 spiro atoms. The van der Waals surface area contributed by atoms with Crippen molar-refractivity contribution in [2.75, 3.05) is 172 Å². The first kappa shape index (κ1) is 45.9. The molecule has 0 atom stereocenters. The molecule has 292 valence electrons. The number of amides is 2. The molecule has 50 heavy (non-hydrogen) atoms. The number of rotatable bonds is 40. The number of esters is 1. The predicted octanol–water partition coefficient (Wildman–Crippen LogP) is 0.0638. The lowest BCUT2D eigenvalue weighted by Gasteiger charge is -2.13. The minimum Gasteiger partial charge on any atom is -0.466 e. The lowest BCUT2D eigenvalue weighted by molar-refractivity contribution is -0.144. The minimum absolute atomic E-state index is 0.235. The van der Waals surface area contributed by atoms with Crippen molar-refractivity contribution in [2.45, 2.75) is 13.3 Å². The van der Waals surface area contributed by atoms with E-state index in [0.717, 1.165) is 4.90 Å². The predicted molar refractivity (Wildman–Crippen MR) is 177 cm³/mol. The summed E-state index contributed by atoms with van der Waals surface area (Å²) in [5.74, 6) is -0.877. The SMILES string of the molecule is CCOC(=O)CCOCCOCCOCCOCCOCCOCCOCCOCCOCCOCCOCCOCCN1C(=O)C=CC1=O. The lowest BCUT2D eigenvalue weighted by atomic mass is 10.5. The monoisotopic (exact) mass is 725 g/mol. The third-order valence-electron chi connectivity index (χ3n) is 6.21. The van der Waals surface area contributed by atoms with Gasteiger partial charge >= 0.3 is 5.97 Å². The molecule has 1 rings (SSSR count). The largest absolute Gasteiger partial charge is 0.466 e. The fourth-order valence-electron chi connectivity index (χ4n) is 3.72. The maximum atomic E-state index is 11.4. The lowest BCUT2D eigenvalue weighted by Crippen LogP contribution is -2.33. The van der Waals surface area contributed by atoms with Gasteiger partial charge in [0.2, 0.25) is 0 Å². The first-order chi connectivity index (χ1) is 24.6. The molecule has 0 radical (unpaired) electrons. The van der Waals surface area contributed by atoms with E-state index >= 15 is 0 Å². The summed E-state index contributed by atoms with van der Waals surface area (Å²) in [5.41, 5.74) is 0. The second-order valence-corrected chi connectivity index (χ2v) is 10.1. The third kappa shape index (κ3) is 30.7. The summed E-state index contributed by atoms with van der Waals surface area (Å²) >= 11 is 0. The van der Waals surface area contributed by atoms with Crippen molar-refractivity contribution >= 4 is 17.8 Å². The number of hydrogen-bond acceptors (Lipinski definition) is 16. The van der Waals surface area contributed by atoms with Crippen LogP contribution in [0, 0.1) is 0 Å². The smallest absolute Gasteiger partial charge is 0.308 e. The molecule has 0 saturated heterocycles. The molecule has 0 fully saturated rings. The first-order valence-electron chi connectivity index (χ1n) is 17.3. The van der Waals surface area contributed by atoms with Crippen LogP contribution in [-0.2, 0) is 76.0 Å². The van der Waals surface area contributed by atoms with Crippen molar-refractivity contribution in [2.24, 2.45) is 0 Å². The number of carbonyl (C=O) groups excluding carboxylic acids is 3. The van der Waals surface area contributed by atoms with E-state index in [9.17, 15) is 14.4 Å². The van der Waals surface area contributed by atoms with E-state index in [0.29, 0.717) is 159 Å². The van der Waals surface area contributed by atoms with Gasteiger partial charge in [0.15, 0.2) is 0 Å². The van der Waals surface area contributed by atoms with Crippen LogP contribution in [-0.4, -0.2) is 194 Å². The van der Waals surface area contributed by atoms with Gasteiger partial charge in [-0.2, -0.15) is 0 Å². The zero-order valence-corrected chi connectivity index (χ0v) is 29.7. The number of hydrogen-bond donors (Lipinski definition) is 0. The Morgan fingerprint density at radius 1 is 0.420 bits per heavy atom. The van der Waals surface area contributed by atoms with Gasteiger partial charge in [0.25, 0.3) is 11.8 Å². The molecular weight excluding hydrogens is 666 g/mol. The molecule has 0 unspecified atom stereocenters. The molecule has 0 N–H and O–H groups in total. The molecular formula is C33H59NO16. The van der Waals surface area contributed by atoms with Crippen LogP contribution in [0.3, 0.4) is 0 Å². The van der Waals surface area contributed by atoms with Gasteiger partial charge < -0.3 is 61.6 Å². The van der Waals surface area contributed by atoms with Crippen molar-refractivity contribution in [3.63, 3.8) is 0 Å².